The first-order valence-electron chi connectivity index (χ1n) is 38.0. The summed E-state index contributed by atoms with van der Waals surface area (Å²) in [6.07, 6.45) is 95.6. The van der Waals surface area contributed by atoms with E-state index in [4.69, 9.17) is 0 Å². The van der Waals surface area contributed by atoms with Crippen LogP contribution in [0.4, 0.5) is 0 Å². The highest BCUT2D eigenvalue weighted by Crippen LogP contribution is 2.19. The zero-order valence-electron chi connectivity index (χ0n) is 56.7. The van der Waals surface area contributed by atoms with Crippen molar-refractivity contribution in [3.8, 4) is 0 Å². The summed E-state index contributed by atoms with van der Waals surface area (Å²) in [5.41, 5.74) is 0. The summed E-state index contributed by atoms with van der Waals surface area (Å²) in [6.45, 7) is 4.10. The van der Waals surface area contributed by atoms with Gasteiger partial charge in [-0.05, 0) is 83.5 Å². The number of amides is 1. The van der Waals surface area contributed by atoms with Gasteiger partial charge in [-0.2, -0.15) is 0 Å². The molecule has 0 aromatic heterocycles. The quantitative estimate of drug-likeness (QED) is 0.0308. The number of rotatable bonds is 71. The van der Waals surface area contributed by atoms with E-state index in [0.29, 0.717) is 19.3 Å². The third-order valence-electron chi connectivity index (χ3n) is 18.0. The van der Waals surface area contributed by atoms with Gasteiger partial charge in [-0.15, -0.1) is 0 Å². The van der Waals surface area contributed by atoms with Crippen molar-refractivity contribution in [3.63, 3.8) is 0 Å². The first kappa shape index (κ1) is 82.3. The lowest BCUT2D eigenvalue weighted by Gasteiger charge is -2.27. The van der Waals surface area contributed by atoms with Gasteiger partial charge in [0.05, 0.1) is 18.8 Å². The zero-order valence-corrected chi connectivity index (χ0v) is 56.7. The van der Waals surface area contributed by atoms with E-state index in [9.17, 15) is 25.2 Å². The van der Waals surface area contributed by atoms with Crippen molar-refractivity contribution in [2.24, 2.45) is 0 Å². The Morgan fingerprint density at radius 2 is 0.536 bits per heavy atom. The first-order valence-corrected chi connectivity index (χ1v) is 38.0. The number of hydrogen-bond acceptors (Lipinski definition) is 5. The van der Waals surface area contributed by atoms with Crippen LogP contribution in [0.25, 0.3) is 0 Å². The summed E-state index contributed by atoms with van der Waals surface area (Å²) in [5.74, 6) is -0.592. The minimum Gasteiger partial charge on any atom is -0.394 e. The molecule has 0 aliphatic carbocycles. The topological polar surface area (TPSA) is 110 Å². The van der Waals surface area contributed by atoms with Crippen molar-refractivity contribution in [2.75, 3.05) is 6.61 Å². The number of nitrogens with one attached hydrogen (secondary N) is 1. The Bertz CT molecular complexity index is 1380. The number of aliphatic hydroxyl groups excluding tert-OH is 4. The number of aliphatic hydroxyl groups is 4. The molecule has 496 valence electrons. The van der Waals surface area contributed by atoms with Crippen LogP contribution in [-0.4, -0.2) is 57.3 Å². The molecule has 0 rings (SSSR count). The summed E-state index contributed by atoms with van der Waals surface area (Å²) >= 11 is 0. The van der Waals surface area contributed by atoms with E-state index < -0.39 is 36.9 Å². The van der Waals surface area contributed by atoms with Crippen molar-refractivity contribution >= 4 is 5.91 Å². The molecule has 0 saturated heterocycles. The average Bonchev–Trinajstić information content (AvgIpc) is 3.53. The van der Waals surface area contributed by atoms with Crippen LogP contribution in [0.15, 0.2) is 48.6 Å². The molecule has 0 aromatic rings. The minimum atomic E-state index is -1.29. The lowest BCUT2D eigenvalue weighted by atomic mass is 10.00. The Balaban J connectivity index is 3.57. The maximum atomic E-state index is 12.7. The van der Waals surface area contributed by atoms with Crippen molar-refractivity contribution < 1.29 is 25.2 Å². The number of hydrogen-bond donors (Lipinski definition) is 5. The Hall–Kier alpha value is -1.73. The Labute approximate surface area is 525 Å². The predicted molar refractivity (Wildman–Crippen MR) is 371 cm³/mol. The van der Waals surface area contributed by atoms with Gasteiger partial charge in [0.25, 0.3) is 0 Å². The van der Waals surface area contributed by atoms with Crippen LogP contribution in [0.3, 0.4) is 0 Å². The molecular formula is C78H149NO5. The number of unbranched alkanes of at least 4 members (excludes halogenated alkanes) is 54. The van der Waals surface area contributed by atoms with Crippen molar-refractivity contribution in [2.45, 2.75) is 436 Å². The van der Waals surface area contributed by atoms with Crippen molar-refractivity contribution in [1.29, 1.82) is 0 Å². The van der Waals surface area contributed by atoms with Crippen LogP contribution >= 0.6 is 0 Å². The lowest BCUT2D eigenvalue weighted by molar-refractivity contribution is -0.132. The van der Waals surface area contributed by atoms with Gasteiger partial charge in [0.15, 0.2) is 0 Å². The molecule has 0 spiro atoms. The molecule has 6 heteroatoms. The molecule has 6 nitrogen and oxygen atoms in total. The molecular weight excluding hydrogens is 1030 g/mol. The SMILES string of the molecule is CCCCCCCCCCCCCCCCC/C=C\C/C=C\CCCCCCCCCCCCCCCCCCC(O)C(=O)NC(CO)C(O)C(O)CCC/C=C/CC/C=C/CCCCCCCCCCCCCCCCCCCCCCC. The summed E-state index contributed by atoms with van der Waals surface area (Å²) in [7, 11) is 0. The monoisotopic (exact) mass is 1180 g/mol. The van der Waals surface area contributed by atoms with E-state index >= 15 is 0 Å². The minimum absolute atomic E-state index is 0.361. The average molecular weight is 1180 g/mol. The molecule has 0 radical (unpaired) electrons. The van der Waals surface area contributed by atoms with Gasteiger partial charge in [0, 0.05) is 0 Å². The Morgan fingerprint density at radius 1 is 0.298 bits per heavy atom. The lowest BCUT2D eigenvalue weighted by Crippen LogP contribution is -2.53. The van der Waals surface area contributed by atoms with E-state index in [1.165, 1.54) is 334 Å². The van der Waals surface area contributed by atoms with Gasteiger partial charge in [0.1, 0.15) is 12.2 Å². The van der Waals surface area contributed by atoms with Crippen LogP contribution in [0.1, 0.15) is 412 Å². The second-order valence-electron chi connectivity index (χ2n) is 26.3. The van der Waals surface area contributed by atoms with Gasteiger partial charge in [-0.1, -0.05) is 377 Å². The van der Waals surface area contributed by atoms with Crippen molar-refractivity contribution in [1.82, 2.24) is 5.32 Å². The van der Waals surface area contributed by atoms with E-state index in [0.717, 1.165) is 44.9 Å². The number of carbonyl (C=O) groups excluding carboxylic acids is 1. The van der Waals surface area contributed by atoms with Crippen LogP contribution in [-0.2, 0) is 4.79 Å². The molecule has 0 aliphatic rings. The Morgan fingerprint density at radius 3 is 0.821 bits per heavy atom. The largest absolute Gasteiger partial charge is 0.394 e. The predicted octanol–water partition coefficient (Wildman–Crippen LogP) is 24.0. The number of allylic oxidation sites excluding steroid dienone is 8. The fraction of sp³-hybridized carbons (Fsp3) is 0.885. The summed E-state index contributed by atoms with van der Waals surface area (Å²) in [6, 6.07) is -1.01. The first-order chi connectivity index (χ1) is 41.5. The summed E-state index contributed by atoms with van der Waals surface area (Å²) < 4.78 is 0. The molecule has 0 aromatic carbocycles. The van der Waals surface area contributed by atoms with Gasteiger partial charge < -0.3 is 25.7 Å². The molecule has 0 aliphatic heterocycles. The molecule has 0 heterocycles. The van der Waals surface area contributed by atoms with Crippen LogP contribution < -0.4 is 5.32 Å². The van der Waals surface area contributed by atoms with Crippen LogP contribution in [0.5, 0.6) is 0 Å². The van der Waals surface area contributed by atoms with Crippen LogP contribution in [0.2, 0.25) is 0 Å². The molecule has 1 amide bonds. The fourth-order valence-electron chi connectivity index (χ4n) is 12.1. The standard InChI is InChI=1S/C78H149NO5/c1-3-5-7-9-11-13-15-17-19-21-23-25-27-29-31-33-35-36-37-38-39-40-41-42-44-46-48-50-52-54-56-58-60-62-64-66-68-70-72-76(82)78(84)79-74(73-80)77(83)75(81)71-69-67-65-63-61-59-57-55-53-51-49-47-45-43-34-32-30-28-26-24-22-20-18-16-14-12-10-8-6-4-2/h35-36,38-39,55,57,63,65,74-77,80-83H,3-34,37,40-54,56,58-62,64,66-73H2,1-2H3,(H,79,84)/b36-35-,39-38-,57-55+,65-63+. The van der Waals surface area contributed by atoms with Gasteiger partial charge in [0.2, 0.25) is 5.91 Å². The number of carbonyl (C=O) groups is 1. The highest BCUT2D eigenvalue weighted by Gasteiger charge is 2.28. The van der Waals surface area contributed by atoms with Crippen molar-refractivity contribution in [3.05, 3.63) is 48.6 Å². The van der Waals surface area contributed by atoms with Gasteiger partial charge in [-0.3, -0.25) is 4.79 Å². The zero-order chi connectivity index (χ0) is 60.8. The van der Waals surface area contributed by atoms with Gasteiger partial charge in [-0.25, -0.2) is 0 Å². The molecule has 84 heavy (non-hydrogen) atoms. The molecule has 0 saturated carbocycles. The highest BCUT2D eigenvalue weighted by atomic mass is 16.3. The molecule has 0 fully saturated rings. The normalized spacial score (nSPS) is 13.6. The van der Waals surface area contributed by atoms with Gasteiger partial charge >= 0.3 is 0 Å². The molecule has 5 N–H and O–H groups in total. The second kappa shape index (κ2) is 72.0. The Kier molecular flexibility index (Phi) is 70.5. The maximum Gasteiger partial charge on any atom is 0.249 e. The van der Waals surface area contributed by atoms with E-state index in [1.807, 2.05) is 0 Å². The smallest absolute Gasteiger partial charge is 0.249 e. The van der Waals surface area contributed by atoms with E-state index in [-0.39, 0.29) is 0 Å². The van der Waals surface area contributed by atoms with Crippen LogP contribution in [0, 0.1) is 0 Å². The maximum absolute atomic E-state index is 12.7. The van der Waals surface area contributed by atoms with E-state index in [1.54, 1.807) is 0 Å². The third-order valence-corrected chi connectivity index (χ3v) is 18.0. The molecule has 4 unspecified atom stereocenters. The summed E-state index contributed by atoms with van der Waals surface area (Å²) in [4.78, 5) is 12.7. The molecule has 0 bridgehead atoms. The fourth-order valence-corrected chi connectivity index (χ4v) is 12.1. The third kappa shape index (κ3) is 64.7. The van der Waals surface area contributed by atoms with E-state index in [2.05, 4.69) is 67.8 Å². The molecule has 4 atom stereocenters. The second-order valence-corrected chi connectivity index (χ2v) is 26.3. The highest BCUT2D eigenvalue weighted by molar-refractivity contribution is 5.80. The summed E-state index contributed by atoms with van der Waals surface area (Å²) in [5, 5.41) is 44.2.